The Morgan fingerprint density at radius 2 is 1.68 bits per heavy atom. The van der Waals surface area contributed by atoms with E-state index in [1.807, 2.05) is 24.3 Å². The van der Waals surface area contributed by atoms with Gasteiger partial charge in [-0.05, 0) is 17.7 Å². The number of halogens is 2. The SMILES string of the molecule is NC(N)=N/N=C/c1ccc(N(CCCl)CCCl)cc1. The van der Waals surface area contributed by atoms with Gasteiger partial charge in [0.15, 0.2) is 0 Å². The van der Waals surface area contributed by atoms with Gasteiger partial charge in [-0.15, -0.1) is 28.3 Å². The van der Waals surface area contributed by atoms with Crippen LogP contribution in [0, 0.1) is 0 Å². The number of anilines is 1. The van der Waals surface area contributed by atoms with Crippen molar-refractivity contribution in [1.82, 2.24) is 0 Å². The summed E-state index contributed by atoms with van der Waals surface area (Å²) in [5.74, 6) is 1.05. The van der Waals surface area contributed by atoms with E-state index in [-0.39, 0.29) is 5.96 Å². The molecule has 5 nitrogen and oxygen atoms in total. The van der Waals surface area contributed by atoms with Gasteiger partial charge in [0.1, 0.15) is 0 Å². The van der Waals surface area contributed by atoms with Crippen molar-refractivity contribution in [2.75, 3.05) is 29.7 Å². The van der Waals surface area contributed by atoms with Gasteiger partial charge in [0.05, 0.1) is 6.21 Å². The van der Waals surface area contributed by atoms with E-state index < -0.39 is 0 Å². The van der Waals surface area contributed by atoms with E-state index in [9.17, 15) is 0 Å². The van der Waals surface area contributed by atoms with E-state index in [1.165, 1.54) is 0 Å². The van der Waals surface area contributed by atoms with E-state index in [0.29, 0.717) is 11.8 Å². The Kier molecular flexibility index (Phi) is 7.07. The van der Waals surface area contributed by atoms with Crippen molar-refractivity contribution < 1.29 is 0 Å². The molecular weight excluding hydrogens is 285 g/mol. The van der Waals surface area contributed by atoms with Crippen molar-refractivity contribution in [3.05, 3.63) is 29.8 Å². The molecule has 1 rings (SSSR count). The number of nitrogens with two attached hydrogens (primary N) is 2. The molecule has 0 atom stereocenters. The largest absolute Gasteiger partial charge is 0.369 e. The molecular formula is C12H17Cl2N5. The van der Waals surface area contributed by atoms with Crippen LogP contribution in [-0.4, -0.2) is 37.0 Å². The summed E-state index contributed by atoms with van der Waals surface area (Å²) in [6.45, 7) is 1.52. The van der Waals surface area contributed by atoms with Crippen LogP contribution in [0.25, 0.3) is 0 Å². The molecule has 0 aliphatic carbocycles. The van der Waals surface area contributed by atoms with E-state index in [0.717, 1.165) is 24.3 Å². The molecule has 0 heterocycles. The molecule has 0 aromatic heterocycles. The highest BCUT2D eigenvalue weighted by atomic mass is 35.5. The molecule has 0 amide bonds. The summed E-state index contributed by atoms with van der Waals surface area (Å²) in [6, 6.07) is 7.82. The highest BCUT2D eigenvalue weighted by Gasteiger charge is 2.04. The standard InChI is InChI=1S/C12H17Cl2N5/c13-5-7-19(8-6-14)11-3-1-10(2-4-11)9-17-18-12(15)16/h1-4,9H,5-8H2,(H4,15,16,18)/b17-9+. The highest BCUT2D eigenvalue weighted by Crippen LogP contribution is 2.14. The smallest absolute Gasteiger partial charge is 0.211 e. The number of benzene rings is 1. The van der Waals surface area contributed by atoms with Gasteiger partial charge >= 0.3 is 0 Å². The third-order valence-electron chi connectivity index (χ3n) is 2.35. The quantitative estimate of drug-likeness (QED) is 0.347. The van der Waals surface area contributed by atoms with E-state index in [4.69, 9.17) is 34.7 Å². The average Bonchev–Trinajstić information content (AvgIpc) is 2.39. The first-order valence-corrected chi connectivity index (χ1v) is 6.83. The molecule has 0 aliphatic heterocycles. The zero-order chi connectivity index (χ0) is 14.1. The summed E-state index contributed by atoms with van der Waals surface area (Å²) in [4.78, 5) is 2.12. The zero-order valence-corrected chi connectivity index (χ0v) is 12.0. The molecule has 104 valence electrons. The molecule has 0 aliphatic rings. The molecule has 0 bridgehead atoms. The van der Waals surface area contributed by atoms with Crippen molar-refractivity contribution in [1.29, 1.82) is 0 Å². The summed E-state index contributed by atoms with van der Waals surface area (Å²) < 4.78 is 0. The molecule has 0 spiro atoms. The summed E-state index contributed by atoms with van der Waals surface area (Å²) >= 11 is 11.5. The fraction of sp³-hybridized carbons (Fsp3) is 0.333. The van der Waals surface area contributed by atoms with Crippen LogP contribution in [0.2, 0.25) is 0 Å². The van der Waals surface area contributed by atoms with Gasteiger partial charge in [-0.25, -0.2) is 0 Å². The van der Waals surface area contributed by atoms with Gasteiger partial charge < -0.3 is 16.4 Å². The fourth-order valence-corrected chi connectivity index (χ4v) is 1.92. The third kappa shape index (κ3) is 5.81. The molecule has 0 radical (unpaired) electrons. The van der Waals surface area contributed by atoms with Gasteiger partial charge in [-0.1, -0.05) is 12.1 Å². The number of hydrogen-bond donors (Lipinski definition) is 2. The van der Waals surface area contributed by atoms with Crippen molar-refractivity contribution in [3.8, 4) is 0 Å². The van der Waals surface area contributed by atoms with E-state index in [2.05, 4.69) is 15.1 Å². The number of guanidine groups is 1. The lowest BCUT2D eigenvalue weighted by molar-refractivity contribution is 0.874. The molecule has 0 saturated carbocycles. The summed E-state index contributed by atoms with van der Waals surface area (Å²) in [5.41, 5.74) is 12.3. The summed E-state index contributed by atoms with van der Waals surface area (Å²) in [5, 5.41) is 7.28. The van der Waals surface area contributed by atoms with Crippen LogP contribution < -0.4 is 16.4 Å². The second kappa shape index (κ2) is 8.61. The van der Waals surface area contributed by atoms with Crippen LogP contribution in [0.1, 0.15) is 5.56 Å². The first kappa shape index (κ1) is 15.6. The Hall–Kier alpha value is -1.46. The van der Waals surface area contributed by atoms with Gasteiger partial charge in [0.2, 0.25) is 5.96 Å². The Balaban J connectivity index is 2.74. The van der Waals surface area contributed by atoms with Gasteiger partial charge in [-0.2, -0.15) is 5.10 Å². The molecule has 1 aromatic rings. The minimum atomic E-state index is -0.0664. The van der Waals surface area contributed by atoms with E-state index in [1.54, 1.807) is 6.21 Å². The Morgan fingerprint density at radius 1 is 1.11 bits per heavy atom. The average molecular weight is 302 g/mol. The van der Waals surface area contributed by atoms with Crippen LogP contribution in [0.3, 0.4) is 0 Å². The lowest BCUT2D eigenvalue weighted by Crippen LogP contribution is -2.27. The molecule has 1 aromatic carbocycles. The first-order valence-electron chi connectivity index (χ1n) is 5.76. The molecule has 0 saturated heterocycles. The van der Waals surface area contributed by atoms with Crippen molar-refractivity contribution in [2.24, 2.45) is 21.7 Å². The molecule has 7 heteroatoms. The van der Waals surface area contributed by atoms with Crippen molar-refractivity contribution in [2.45, 2.75) is 0 Å². The highest BCUT2D eigenvalue weighted by molar-refractivity contribution is 6.18. The van der Waals surface area contributed by atoms with Gasteiger partial charge in [0, 0.05) is 30.5 Å². The number of nitrogens with zero attached hydrogens (tertiary/aromatic N) is 3. The second-order valence-corrected chi connectivity index (χ2v) is 4.48. The summed E-state index contributed by atoms with van der Waals surface area (Å²) in [7, 11) is 0. The lowest BCUT2D eigenvalue weighted by atomic mass is 10.2. The molecule has 0 fully saturated rings. The fourth-order valence-electron chi connectivity index (χ4n) is 1.51. The normalized spacial score (nSPS) is 10.6. The maximum absolute atomic E-state index is 5.77. The van der Waals surface area contributed by atoms with E-state index >= 15 is 0 Å². The van der Waals surface area contributed by atoms with Crippen LogP contribution in [0.5, 0.6) is 0 Å². The van der Waals surface area contributed by atoms with Crippen molar-refractivity contribution >= 4 is 41.1 Å². The Bertz CT molecular complexity index is 420. The lowest BCUT2D eigenvalue weighted by Gasteiger charge is -2.22. The van der Waals surface area contributed by atoms with Crippen molar-refractivity contribution in [3.63, 3.8) is 0 Å². The predicted molar refractivity (Wildman–Crippen MR) is 83.5 cm³/mol. The number of hydrogen-bond acceptors (Lipinski definition) is 3. The third-order valence-corrected chi connectivity index (χ3v) is 2.69. The molecule has 0 unspecified atom stereocenters. The predicted octanol–water partition coefficient (Wildman–Crippen LogP) is 1.58. The summed E-state index contributed by atoms with van der Waals surface area (Å²) in [6.07, 6.45) is 1.58. The van der Waals surface area contributed by atoms with Crippen LogP contribution in [0.4, 0.5) is 5.69 Å². The minimum absolute atomic E-state index is 0.0664. The Morgan fingerprint density at radius 3 is 2.16 bits per heavy atom. The zero-order valence-electron chi connectivity index (χ0n) is 10.5. The van der Waals surface area contributed by atoms with Crippen LogP contribution in [0.15, 0.2) is 34.5 Å². The van der Waals surface area contributed by atoms with Crippen LogP contribution >= 0.6 is 23.2 Å². The first-order chi connectivity index (χ1) is 9.17. The van der Waals surface area contributed by atoms with Gasteiger partial charge in [-0.3, -0.25) is 0 Å². The maximum atomic E-state index is 5.77. The molecule has 19 heavy (non-hydrogen) atoms. The number of alkyl halides is 2. The monoisotopic (exact) mass is 301 g/mol. The van der Waals surface area contributed by atoms with Gasteiger partial charge in [0.25, 0.3) is 0 Å². The maximum Gasteiger partial charge on any atom is 0.211 e. The topological polar surface area (TPSA) is 80.0 Å². The molecule has 4 N–H and O–H groups in total. The Labute approximate surface area is 122 Å². The second-order valence-electron chi connectivity index (χ2n) is 3.73. The van der Waals surface area contributed by atoms with Crippen LogP contribution in [-0.2, 0) is 0 Å². The number of rotatable bonds is 7. The minimum Gasteiger partial charge on any atom is -0.369 e.